The second-order valence-electron chi connectivity index (χ2n) is 5.82. The molecule has 1 amide bonds. The number of carbonyl (C=O) groups is 3. The van der Waals surface area contributed by atoms with Gasteiger partial charge in [-0.25, -0.2) is 9.59 Å². The number of amides is 1. The van der Waals surface area contributed by atoms with Crippen molar-refractivity contribution in [3.63, 3.8) is 0 Å². The zero-order valence-corrected chi connectivity index (χ0v) is 17.6. The fourth-order valence-electron chi connectivity index (χ4n) is 2.41. The van der Waals surface area contributed by atoms with E-state index in [0.29, 0.717) is 11.4 Å². The largest absolute Gasteiger partial charge is 0.480 e. The molecule has 0 unspecified atom stereocenters. The van der Waals surface area contributed by atoms with Crippen LogP contribution in [0.4, 0.5) is 5.69 Å². The van der Waals surface area contributed by atoms with Crippen LogP contribution >= 0.6 is 23.2 Å². The standard InChI is InChI=1S/C19H18Cl2N2O6/c1-9-15(20)17(16(21)10(2)22-9)29-8-14(24)23-13-7-11(18(25)27-3)5-6-12(13)19(26)28-4/h5-7H,8H2,1-4H3,(H,23,24). The highest BCUT2D eigenvalue weighted by Gasteiger charge is 2.19. The first kappa shape index (κ1) is 22.4. The van der Waals surface area contributed by atoms with Gasteiger partial charge in [0.2, 0.25) is 0 Å². The Hall–Kier alpha value is -2.84. The van der Waals surface area contributed by atoms with Crippen LogP contribution in [0.15, 0.2) is 18.2 Å². The van der Waals surface area contributed by atoms with Crippen molar-refractivity contribution in [2.45, 2.75) is 13.8 Å². The van der Waals surface area contributed by atoms with E-state index in [9.17, 15) is 14.4 Å². The van der Waals surface area contributed by atoms with E-state index < -0.39 is 24.5 Å². The predicted octanol–water partition coefficient (Wildman–Crippen LogP) is 3.60. The van der Waals surface area contributed by atoms with Crippen molar-refractivity contribution in [1.82, 2.24) is 4.98 Å². The first-order chi connectivity index (χ1) is 13.7. The zero-order valence-electron chi connectivity index (χ0n) is 16.1. The van der Waals surface area contributed by atoms with Gasteiger partial charge in [0, 0.05) is 0 Å². The normalized spacial score (nSPS) is 10.3. The number of hydrogen-bond donors (Lipinski definition) is 1. The SMILES string of the molecule is COC(=O)c1ccc(C(=O)OC)c(NC(=O)COc2c(Cl)c(C)nc(C)c2Cl)c1. The highest BCUT2D eigenvalue weighted by molar-refractivity contribution is 6.37. The number of esters is 2. The third kappa shape index (κ3) is 5.16. The number of benzene rings is 1. The predicted molar refractivity (Wildman–Crippen MR) is 107 cm³/mol. The topological polar surface area (TPSA) is 104 Å². The van der Waals surface area contributed by atoms with Gasteiger partial charge < -0.3 is 19.5 Å². The van der Waals surface area contributed by atoms with Gasteiger partial charge >= 0.3 is 11.9 Å². The molecular formula is C19H18Cl2N2O6. The van der Waals surface area contributed by atoms with Gasteiger partial charge in [-0.05, 0) is 32.0 Å². The molecule has 29 heavy (non-hydrogen) atoms. The molecule has 0 spiro atoms. The Morgan fingerprint density at radius 3 is 2.14 bits per heavy atom. The summed E-state index contributed by atoms with van der Waals surface area (Å²) in [6, 6.07) is 4.03. The smallest absolute Gasteiger partial charge is 0.339 e. The Kier molecular flexibility index (Phi) is 7.41. The number of anilines is 1. The average Bonchev–Trinajstić information content (AvgIpc) is 2.71. The molecule has 1 N–H and O–H groups in total. The average molecular weight is 441 g/mol. The fraction of sp³-hybridized carbons (Fsp3) is 0.263. The van der Waals surface area contributed by atoms with Gasteiger partial charge in [-0.1, -0.05) is 23.2 Å². The van der Waals surface area contributed by atoms with Crippen LogP contribution < -0.4 is 10.1 Å². The summed E-state index contributed by atoms with van der Waals surface area (Å²) < 4.78 is 14.8. The number of ether oxygens (including phenoxy) is 3. The Morgan fingerprint density at radius 2 is 1.59 bits per heavy atom. The minimum atomic E-state index is -0.691. The number of nitrogens with one attached hydrogen (secondary N) is 1. The van der Waals surface area contributed by atoms with E-state index in [1.165, 1.54) is 32.4 Å². The quantitative estimate of drug-likeness (QED) is 0.684. The molecule has 154 valence electrons. The van der Waals surface area contributed by atoms with E-state index in [-0.39, 0.29) is 32.6 Å². The molecular weight excluding hydrogens is 423 g/mol. The van der Waals surface area contributed by atoms with Crippen LogP contribution in [0.25, 0.3) is 0 Å². The van der Waals surface area contributed by atoms with E-state index in [2.05, 4.69) is 15.0 Å². The van der Waals surface area contributed by atoms with E-state index in [0.717, 1.165) is 0 Å². The van der Waals surface area contributed by atoms with Crippen LogP contribution in [-0.2, 0) is 14.3 Å². The number of aryl methyl sites for hydroxylation is 2. The number of rotatable bonds is 6. The van der Waals surface area contributed by atoms with E-state index in [1.807, 2.05) is 0 Å². The second kappa shape index (κ2) is 9.58. The highest BCUT2D eigenvalue weighted by atomic mass is 35.5. The lowest BCUT2D eigenvalue weighted by molar-refractivity contribution is -0.118. The van der Waals surface area contributed by atoms with Crippen LogP contribution in [0.3, 0.4) is 0 Å². The molecule has 0 bridgehead atoms. The Bertz CT molecular complexity index is 951. The Labute approximate surface area is 177 Å². The van der Waals surface area contributed by atoms with Crippen molar-refractivity contribution < 1.29 is 28.6 Å². The van der Waals surface area contributed by atoms with Crippen LogP contribution in [0.2, 0.25) is 10.0 Å². The van der Waals surface area contributed by atoms with Crippen LogP contribution in [0.5, 0.6) is 5.75 Å². The number of nitrogens with zero attached hydrogens (tertiary/aromatic N) is 1. The minimum absolute atomic E-state index is 0.0557. The van der Waals surface area contributed by atoms with Gasteiger partial charge in [0.15, 0.2) is 12.4 Å². The van der Waals surface area contributed by atoms with Crippen molar-refractivity contribution in [2.75, 3.05) is 26.1 Å². The van der Waals surface area contributed by atoms with Crippen LogP contribution in [-0.4, -0.2) is 43.7 Å². The molecule has 1 heterocycles. The number of carbonyl (C=O) groups excluding carboxylic acids is 3. The fourth-order valence-corrected chi connectivity index (χ4v) is 2.84. The number of hydrogen-bond acceptors (Lipinski definition) is 7. The number of halogens is 2. The van der Waals surface area contributed by atoms with Crippen molar-refractivity contribution in [3.05, 3.63) is 50.8 Å². The molecule has 2 rings (SSSR count). The summed E-state index contributed by atoms with van der Waals surface area (Å²) in [4.78, 5) is 40.2. The highest BCUT2D eigenvalue weighted by Crippen LogP contribution is 2.36. The first-order valence-corrected chi connectivity index (χ1v) is 9.00. The molecule has 10 heteroatoms. The van der Waals surface area contributed by atoms with Gasteiger partial charge in [0.05, 0.1) is 42.4 Å². The maximum Gasteiger partial charge on any atom is 0.339 e. The monoisotopic (exact) mass is 440 g/mol. The molecule has 0 radical (unpaired) electrons. The van der Waals surface area contributed by atoms with E-state index in [4.69, 9.17) is 32.7 Å². The molecule has 0 aliphatic heterocycles. The number of aromatic nitrogens is 1. The summed E-state index contributed by atoms with van der Waals surface area (Å²) in [6.07, 6.45) is 0. The summed E-state index contributed by atoms with van der Waals surface area (Å²) in [6.45, 7) is 2.91. The van der Waals surface area contributed by atoms with E-state index >= 15 is 0 Å². The molecule has 2 aromatic rings. The van der Waals surface area contributed by atoms with Crippen molar-refractivity contribution in [2.24, 2.45) is 0 Å². The van der Waals surface area contributed by atoms with Crippen molar-refractivity contribution >= 4 is 46.7 Å². The molecule has 0 saturated carbocycles. The first-order valence-electron chi connectivity index (χ1n) is 8.25. The van der Waals surface area contributed by atoms with Crippen LogP contribution in [0, 0.1) is 13.8 Å². The van der Waals surface area contributed by atoms with Gasteiger partial charge in [0.1, 0.15) is 10.0 Å². The summed E-state index contributed by atoms with van der Waals surface area (Å²) >= 11 is 12.3. The molecule has 0 saturated heterocycles. The van der Waals surface area contributed by atoms with Gasteiger partial charge in [-0.3, -0.25) is 9.78 Å². The molecule has 0 aliphatic carbocycles. The number of pyridine rings is 1. The lowest BCUT2D eigenvalue weighted by Crippen LogP contribution is -2.22. The van der Waals surface area contributed by atoms with Gasteiger partial charge in [-0.15, -0.1) is 0 Å². The van der Waals surface area contributed by atoms with Gasteiger partial charge in [0.25, 0.3) is 5.91 Å². The maximum absolute atomic E-state index is 12.4. The second-order valence-corrected chi connectivity index (χ2v) is 6.58. The van der Waals surface area contributed by atoms with Gasteiger partial charge in [-0.2, -0.15) is 0 Å². The zero-order chi connectivity index (χ0) is 21.7. The molecule has 8 nitrogen and oxygen atoms in total. The van der Waals surface area contributed by atoms with Crippen molar-refractivity contribution in [1.29, 1.82) is 0 Å². The van der Waals surface area contributed by atoms with E-state index in [1.54, 1.807) is 13.8 Å². The maximum atomic E-state index is 12.4. The molecule has 0 fully saturated rings. The lowest BCUT2D eigenvalue weighted by atomic mass is 10.1. The summed E-state index contributed by atoms with van der Waals surface area (Å²) in [5, 5.41) is 2.89. The molecule has 0 atom stereocenters. The van der Waals surface area contributed by atoms with Crippen molar-refractivity contribution in [3.8, 4) is 5.75 Å². The lowest BCUT2D eigenvalue weighted by Gasteiger charge is -2.14. The molecule has 1 aromatic heterocycles. The van der Waals surface area contributed by atoms with Crippen LogP contribution in [0.1, 0.15) is 32.1 Å². The minimum Gasteiger partial charge on any atom is -0.480 e. The number of methoxy groups -OCH3 is 2. The Balaban J connectivity index is 2.24. The summed E-state index contributed by atoms with van der Waals surface area (Å²) in [5.74, 6) is -1.81. The Morgan fingerprint density at radius 1 is 1.00 bits per heavy atom. The molecule has 0 aliphatic rings. The summed E-state index contributed by atoms with van der Waals surface area (Å²) in [5.41, 5.74) is 1.26. The third-order valence-electron chi connectivity index (χ3n) is 3.84. The molecule has 1 aromatic carbocycles. The summed E-state index contributed by atoms with van der Waals surface area (Å²) in [7, 11) is 2.41. The third-order valence-corrected chi connectivity index (χ3v) is 4.73.